The van der Waals surface area contributed by atoms with Gasteiger partial charge in [0.25, 0.3) is 0 Å². The van der Waals surface area contributed by atoms with Gasteiger partial charge in [-0.1, -0.05) is 34.1 Å². The summed E-state index contributed by atoms with van der Waals surface area (Å²) in [6.07, 6.45) is 2.61. The van der Waals surface area contributed by atoms with Gasteiger partial charge in [-0.05, 0) is 18.6 Å². The van der Waals surface area contributed by atoms with Crippen LogP contribution in [-0.4, -0.2) is 34.0 Å². The molecule has 0 aliphatic heterocycles. The van der Waals surface area contributed by atoms with E-state index in [-0.39, 0.29) is 36.3 Å². The zero-order valence-electron chi connectivity index (χ0n) is 14.0. The molecule has 0 amide bonds. The van der Waals surface area contributed by atoms with Crippen LogP contribution in [-0.2, 0) is 13.1 Å². The first kappa shape index (κ1) is 21.8. The molecule has 1 heterocycles. The van der Waals surface area contributed by atoms with Crippen molar-refractivity contribution in [3.05, 3.63) is 52.5 Å². The van der Waals surface area contributed by atoms with Crippen molar-refractivity contribution in [2.75, 3.05) is 13.6 Å². The van der Waals surface area contributed by atoms with Gasteiger partial charge in [-0.15, -0.1) is 24.0 Å². The average molecular weight is 528 g/mol. The normalized spacial score (nSPS) is 11.4. The van der Waals surface area contributed by atoms with E-state index in [9.17, 15) is 8.78 Å². The molecule has 0 bridgehead atoms. The van der Waals surface area contributed by atoms with Gasteiger partial charge in [0.05, 0.1) is 0 Å². The van der Waals surface area contributed by atoms with Crippen LogP contribution in [0.1, 0.15) is 24.9 Å². The maximum absolute atomic E-state index is 12.9. The zero-order valence-corrected chi connectivity index (χ0v) is 17.9. The Morgan fingerprint density at radius 2 is 2.12 bits per heavy atom. The Balaban J connectivity index is 0.00000312. The number of alkyl halides is 2. The van der Waals surface area contributed by atoms with E-state index in [1.165, 1.54) is 12.4 Å². The van der Waals surface area contributed by atoms with Crippen LogP contribution >= 0.6 is 39.9 Å². The zero-order chi connectivity index (χ0) is 17.5. The number of nitrogens with one attached hydrogen (secondary N) is 1. The molecule has 2 rings (SSSR count). The van der Waals surface area contributed by atoms with Crippen LogP contribution in [0.15, 0.2) is 46.1 Å². The van der Waals surface area contributed by atoms with Crippen LogP contribution in [0, 0.1) is 0 Å². The molecule has 0 saturated carbocycles. The first-order valence-corrected chi connectivity index (χ1v) is 8.35. The number of nitrogens with zero attached hydrogens (tertiary/aromatic N) is 4. The van der Waals surface area contributed by atoms with Crippen molar-refractivity contribution < 1.29 is 8.78 Å². The van der Waals surface area contributed by atoms with E-state index in [0.717, 1.165) is 14.6 Å². The summed E-state index contributed by atoms with van der Waals surface area (Å²) in [5, 5.41) is 3.17. The summed E-state index contributed by atoms with van der Waals surface area (Å²) in [4.78, 5) is 10.3. The third-order valence-corrected chi connectivity index (χ3v) is 4.16. The van der Waals surface area contributed by atoms with Gasteiger partial charge in [-0.2, -0.15) is 8.78 Å². The second-order valence-electron chi connectivity index (χ2n) is 5.15. The highest BCUT2D eigenvalue weighted by atomic mass is 127. The summed E-state index contributed by atoms with van der Waals surface area (Å²) in [6, 6.07) is 7.93. The van der Waals surface area contributed by atoms with Gasteiger partial charge in [0.2, 0.25) is 0 Å². The van der Waals surface area contributed by atoms with Crippen LogP contribution in [0.2, 0.25) is 0 Å². The summed E-state index contributed by atoms with van der Waals surface area (Å²) in [5.41, 5.74) is 1.11. The summed E-state index contributed by atoms with van der Waals surface area (Å²) in [6.45, 7) is 0.749. The molecular formula is C16H21BrF2IN5. The fraction of sp³-hybridized carbons (Fsp3) is 0.375. The molecule has 138 valence electrons. The van der Waals surface area contributed by atoms with E-state index in [4.69, 9.17) is 0 Å². The predicted octanol–water partition coefficient (Wildman–Crippen LogP) is 4.26. The van der Waals surface area contributed by atoms with Crippen molar-refractivity contribution in [2.24, 2.45) is 4.99 Å². The molecule has 1 N–H and O–H groups in total. The molecule has 0 aliphatic carbocycles. The van der Waals surface area contributed by atoms with Crippen molar-refractivity contribution in [3.63, 3.8) is 0 Å². The summed E-state index contributed by atoms with van der Waals surface area (Å²) >= 11 is 3.53. The minimum atomic E-state index is -2.61. The Hall–Kier alpha value is -1.23. The lowest BCUT2D eigenvalue weighted by Crippen LogP contribution is -2.38. The summed E-state index contributed by atoms with van der Waals surface area (Å²) < 4.78 is 27.6. The highest BCUT2D eigenvalue weighted by Gasteiger charge is 2.12. The molecule has 0 spiro atoms. The van der Waals surface area contributed by atoms with E-state index in [1.54, 1.807) is 0 Å². The SMILES string of the molecule is CCNC(=NCc1nccn1C(F)F)N(C)Cc1ccccc1Br.I. The number of aromatic nitrogens is 2. The average Bonchev–Trinajstić information content (AvgIpc) is 3.02. The number of rotatable bonds is 6. The van der Waals surface area contributed by atoms with Crippen LogP contribution in [0.5, 0.6) is 0 Å². The minimum Gasteiger partial charge on any atom is -0.357 e. The number of aliphatic imine (C=N–C) groups is 1. The second kappa shape index (κ2) is 10.7. The maximum Gasteiger partial charge on any atom is 0.319 e. The number of hydrogen-bond donors (Lipinski definition) is 1. The van der Waals surface area contributed by atoms with Crippen LogP contribution in [0.4, 0.5) is 8.78 Å². The van der Waals surface area contributed by atoms with Crippen molar-refractivity contribution >= 4 is 45.9 Å². The molecule has 0 aliphatic rings. The molecule has 0 atom stereocenters. The van der Waals surface area contributed by atoms with Crippen LogP contribution < -0.4 is 5.32 Å². The van der Waals surface area contributed by atoms with Gasteiger partial charge >= 0.3 is 6.55 Å². The molecule has 0 unspecified atom stereocenters. The molecule has 1 aromatic carbocycles. The molecule has 5 nitrogen and oxygen atoms in total. The Bertz CT molecular complexity index is 693. The van der Waals surface area contributed by atoms with Crippen molar-refractivity contribution in [2.45, 2.75) is 26.6 Å². The number of imidazole rings is 1. The molecule has 0 saturated heterocycles. The first-order chi connectivity index (χ1) is 11.5. The third kappa shape index (κ3) is 6.21. The summed E-state index contributed by atoms with van der Waals surface area (Å²) in [5.74, 6) is 0.867. The van der Waals surface area contributed by atoms with E-state index in [2.05, 4.69) is 31.2 Å². The topological polar surface area (TPSA) is 45.5 Å². The Morgan fingerprint density at radius 1 is 1.40 bits per heavy atom. The van der Waals surface area contributed by atoms with Gasteiger partial charge < -0.3 is 10.2 Å². The van der Waals surface area contributed by atoms with Crippen molar-refractivity contribution in [3.8, 4) is 0 Å². The predicted molar refractivity (Wildman–Crippen MR) is 109 cm³/mol. The van der Waals surface area contributed by atoms with Crippen molar-refractivity contribution in [1.29, 1.82) is 0 Å². The molecular weight excluding hydrogens is 507 g/mol. The molecule has 0 radical (unpaired) electrons. The van der Waals surface area contributed by atoms with Crippen molar-refractivity contribution in [1.82, 2.24) is 19.8 Å². The number of hydrogen-bond acceptors (Lipinski definition) is 2. The number of guanidine groups is 1. The molecule has 9 heteroatoms. The third-order valence-electron chi connectivity index (χ3n) is 3.39. The largest absolute Gasteiger partial charge is 0.357 e. The van der Waals surface area contributed by atoms with E-state index in [0.29, 0.717) is 19.0 Å². The standard InChI is InChI=1S/C16H20BrF2N5.HI/c1-3-20-16(22-10-14-21-8-9-24(14)15(18)19)23(2)11-12-6-4-5-7-13(12)17;/h4-9,15H,3,10-11H2,1-2H3,(H,20,22);1H. The molecule has 1 aromatic heterocycles. The number of halogens is 4. The molecule has 25 heavy (non-hydrogen) atoms. The fourth-order valence-electron chi connectivity index (χ4n) is 2.22. The van der Waals surface area contributed by atoms with Gasteiger partial charge in [-0.25, -0.2) is 9.98 Å². The minimum absolute atomic E-state index is 0. The highest BCUT2D eigenvalue weighted by molar-refractivity contribution is 14.0. The Labute approximate surface area is 171 Å². The highest BCUT2D eigenvalue weighted by Crippen LogP contribution is 2.17. The maximum atomic E-state index is 12.9. The van der Waals surface area contributed by atoms with Crippen LogP contribution in [0.25, 0.3) is 0 Å². The number of benzene rings is 1. The Kier molecular flexibility index (Phi) is 9.33. The van der Waals surface area contributed by atoms with Gasteiger partial charge in [-0.3, -0.25) is 4.57 Å². The van der Waals surface area contributed by atoms with E-state index >= 15 is 0 Å². The van der Waals surface area contributed by atoms with Gasteiger partial charge in [0.15, 0.2) is 5.96 Å². The van der Waals surface area contributed by atoms with E-state index in [1.807, 2.05) is 43.1 Å². The Morgan fingerprint density at radius 3 is 2.76 bits per heavy atom. The van der Waals surface area contributed by atoms with E-state index < -0.39 is 6.55 Å². The smallest absolute Gasteiger partial charge is 0.319 e. The van der Waals surface area contributed by atoms with Crippen LogP contribution in [0.3, 0.4) is 0 Å². The lowest BCUT2D eigenvalue weighted by Gasteiger charge is -2.22. The summed E-state index contributed by atoms with van der Waals surface area (Å²) in [7, 11) is 1.90. The quantitative estimate of drug-likeness (QED) is 0.347. The molecule has 0 fully saturated rings. The lowest BCUT2D eigenvalue weighted by atomic mass is 10.2. The van der Waals surface area contributed by atoms with Gasteiger partial charge in [0, 0.05) is 37.0 Å². The molecule has 2 aromatic rings. The monoisotopic (exact) mass is 527 g/mol. The fourth-order valence-corrected chi connectivity index (χ4v) is 2.63. The second-order valence-corrected chi connectivity index (χ2v) is 6.00. The first-order valence-electron chi connectivity index (χ1n) is 7.55. The van der Waals surface area contributed by atoms with Gasteiger partial charge in [0.1, 0.15) is 12.4 Å². The lowest BCUT2D eigenvalue weighted by molar-refractivity contribution is 0.0671.